The Bertz CT molecular complexity index is 642. The highest BCUT2D eigenvalue weighted by Gasteiger charge is 2.52. The Balaban J connectivity index is 1.91. The molecule has 0 radical (unpaired) electrons. The largest absolute Gasteiger partial charge is 0.500 e. The molecule has 3 heterocycles. The van der Waals surface area contributed by atoms with E-state index in [2.05, 4.69) is 9.97 Å². The lowest BCUT2D eigenvalue weighted by Crippen LogP contribution is -2.41. The molecule has 1 fully saturated rings. The van der Waals surface area contributed by atoms with Crippen molar-refractivity contribution in [3.8, 4) is 11.4 Å². The average molecular weight is 303 g/mol. The number of aromatic nitrogens is 2. The number of hydrogen-bond acceptors (Lipinski definition) is 6. The number of anilines is 1. The van der Waals surface area contributed by atoms with Gasteiger partial charge in [0.05, 0.1) is 11.2 Å². The number of nitrogen functional groups attached to an aromatic ring is 1. The van der Waals surface area contributed by atoms with Gasteiger partial charge < -0.3 is 15.0 Å². The number of hydrogen-bond donors (Lipinski definition) is 1. The van der Waals surface area contributed by atoms with Gasteiger partial charge in [-0.3, -0.25) is 0 Å². The van der Waals surface area contributed by atoms with Crippen molar-refractivity contribution in [2.75, 3.05) is 5.73 Å². The number of nitrogens with two attached hydrogens (primary N) is 1. The topological polar surface area (TPSA) is 70.3 Å². The van der Waals surface area contributed by atoms with Crippen LogP contribution in [0.2, 0.25) is 0 Å². The van der Waals surface area contributed by atoms with Crippen LogP contribution in [-0.4, -0.2) is 28.3 Å². The molecule has 21 heavy (non-hydrogen) atoms. The second-order valence-corrected chi connectivity index (χ2v) is 6.91. The van der Waals surface area contributed by atoms with E-state index in [0.717, 1.165) is 5.56 Å². The molecule has 0 aromatic carbocycles. The molecule has 5 nitrogen and oxygen atoms in total. The fraction of sp³-hybridized carbons (Fsp3) is 0.429. The van der Waals surface area contributed by atoms with Crippen molar-refractivity contribution < 1.29 is 9.31 Å². The van der Waals surface area contributed by atoms with Crippen molar-refractivity contribution in [1.29, 1.82) is 0 Å². The van der Waals surface area contributed by atoms with Gasteiger partial charge in [0.2, 0.25) is 0 Å². The van der Waals surface area contributed by atoms with Gasteiger partial charge in [0.25, 0.3) is 0 Å². The summed E-state index contributed by atoms with van der Waals surface area (Å²) in [5.41, 5.74) is 6.90. The maximum absolute atomic E-state index is 6.08. The second kappa shape index (κ2) is 4.79. The molecule has 110 valence electrons. The molecule has 0 unspecified atom stereocenters. The first-order valence-corrected chi connectivity index (χ1v) is 7.75. The van der Waals surface area contributed by atoms with Crippen LogP contribution in [0.3, 0.4) is 0 Å². The molecule has 0 aliphatic carbocycles. The molecule has 1 aliphatic heterocycles. The van der Waals surface area contributed by atoms with Crippen molar-refractivity contribution in [2.45, 2.75) is 38.9 Å². The summed E-state index contributed by atoms with van der Waals surface area (Å²) in [6.45, 7) is 8.01. The summed E-state index contributed by atoms with van der Waals surface area (Å²) in [6.07, 6.45) is 1.69. The Hall–Kier alpha value is -1.44. The van der Waals surface area contributed by atoms with Gasteiger partial charge in [0, 0.05) is 22.6 Å². The minimum Gasteiger partial charge on any atom is -0.399 e. The van der Waals surface area contributed by atoms with Crippen molar-refractivity contribution in [3.05, 3.63) is 23.0 Å². The van der Waals surface area contributed by atoms with Crippen LogP contribution in [0.5, 0.6) is 0 Å². The van der Waals surface area contributed by atoms with Gasteiger partial charge >= 0.3 is 7.12 Å². The van der Waals surface area contributed by atoms with Gasteiger partial charge in [-0.05, 0) is 39.1 Å². The van der Waals surface area contributed by atoms with E-state index >= 15 is 0 Å². The second-order valence-electron chi connectivity index (χ2n) is 6.13. The van der Waals surface area contributed by atoms with Crippen LogP contribution < -0.4 is 11.2 Å². The highest BCUT2D eigenvalue weighted by molar-refractivity contribution is 7.08. The zero-order valence-corrected chi connectivity index (χ0v) is 13.4. The van der Waals surface area contributed by atoms with Crippen LogP contribution >= 0.6 is 11.3 Å². The molecule has 3 rings (SSSR count). The van der Waals surface area contributed by atoms with Crippen LogP contribution in [-0.2, 0) is 9.31 Å². The smallest absolute Gasteiger partial charge is 0.399 e. The van der Waals surface area contributed by atoms with E-state index in [-0.39, 0.29) is 0 Å². The molecular weight excluding hydrogens is 285 g/mol. The molecule has 1 saturated heterocycles. The van der Waals surface area contributed by atoms with E-state index in [1.165, 1.54) is 0 Å². The Labute approximate surface area is 128 Å². The van der Waals surface area contributed by atoms with Crippen LogP contribution in [0.25, 0.3) is 11.4 Å². The molecule has 0 spiro atoms. The van der Waals surface area contributed by atoms with Gasteiger partial charge in [-0.2, -0.15) is 11.3 Å². The first kappa shape index (κ1) is 14.5. The lowest BCUT2D eigenvalue weighted by atomic mass is 9.80. The molecule has 0 amide bonds. The molecule has 2 aromatic heterocycles. The maximum atomic E-state index is 6.08. The summed E-state index contributed by atoms with van der Waals surface area (Å²) in [7, 11) is -0.536. The van der Waals surface area contributed by atoms with E-state index in [0.29, 0.717) is 17.1 Å². The maximum Gasteiger partial charge on any atom is 0.500 e. The molecule has 0 atom stereocenters. The minimum atomic E-state index is -0.536. The van der Waals surface area contributed by atoms with Crippen molar-refractivity contribution in [2.24, 2.45) is 0 Å². The Morgan fingerprint density at radius 3 is 2.38 bits per heavy atom. The van der Waals surface area contributed by atoms with E-state index in [4.69, 9.17) is 15.0 Å². The SMILES string of the molecule is CC1(C)OB(c2cnc(-c3ccsc3)nc2N)OC1(C)C. The first-order chi connectivity index (χ1) is 9.80. The van der Waals surface area contributed by atoms with Crippen LogP contribution in [0.4, 0.5) is 5.82 Å². The Morgan fingerprint density at radius 2 is 1.86 bits per heavy atom. The van der Waals surface area contributed by atoms with Gasteiger partial charge in [-0.25, -0.2) is 9.97 Å². The molecule has 7 heteroatoms. The Kier molecular flexibility index (Phi) is 3.31. The molecular formula is C14H18BN3O2S. The summed E-state index contributed by atoms with van der Waals surface area (Å²) in [6, 6.07) is 1.97. The molecule has 2 aromatic rings. The van der Waals surface area contributed by atoms with Crippen LogP contribution in [0.1, 0.15) is 27.7 Å². The molecule has 0 bridgehead atoms. The lowest BCUT2D eigenvalue weighted by Gasteiger charge is -2.32. The zero-order valence-electron chi connectivity index (χ0n) is 12.6. The van der Waals surface area contributed by atoms with Crippen molar-refractivity contribution in [3.63, 3.8) is 0 Å². The summed E-state index contributed by atoms with van der Waals surface area (Å²) in [4.78, 5) is 8.75. The van der Waals surface area contributed by atoms with Crippen molar-refractivity contribution >= 4 is 29.7 Å². The third-order valence-corrected chi connectivity index (χ3v) is 4.82. The fourth-order valence-corrected chi connectivity index (χ4v) is 2.72. The molecule has 2 N–H and O–H groups in total. The van der Waals surface area contributed by atoms with E-state index < -0.39 is 18.3 Å². The first-order valence-electron chi connectivity index (χ1n) is 6.81. The van der Waals surface area contributed by atoms with E-state index in [1.807, 2.05) is 44.5 Å². The predicted molar refractivity (Wildman–Crippen MR) is 85.5 cm³/mol. The molecule has 0 saturated carbocycles. The highest BCUT2D eigenvalue weighted by Crippen LogP contribution is 2.36. The molecule has 1 aliphatic rings. The van der Waals surface area contributed by atoms with Gasteiger partial charge in [0.1, 0.15) is 5.82 Å². The monoisotopic (exact) mass is 303 g/mol. The quantitative estimate of drug-likeness (QED) is 0.860. The van der Waals surface area contributed by atoms with Crippen LogP contribution in [0, 0.1) is 0 Å². The summed E-state index contributed by atoms with van der Waals surface area (Å²) >= 11 is 1.60. The van der Waals surface area contributed by atoms with E-state index in [1.54, 1.807) is 17.5 Å². The third kappa shape index (κ3) is 2.45. The number of rotatable bonds is 2. The number of nitrogens with zero attached hydrogens (tertiary/aromatic N) is 2. The summed E-state index contributed by atoms with van der Waals surface area (Å²) in [5.74, 6) is 1.01. The lowest BCUT2D eigenvalue weighted by molar-refractivity contribution is 0.00578. The predicted octanol–water partition coefficient (Wildman–Crippen LogP) is 2.09. The average Bonchev–Trinajstić information content (AvgIpc) is 2.96. The standard InChI is InChI=1S/C14H18BN3O2S/c1-13(2)14(3,4)20-15(19-13)10-7-17-12(18-11(10)16)9-5-6-21-8-9/h5-8H,1-4H3,(H2,16,17,18). The van der Waals surface area contributed by atoms with E-state index in [9.17, 15) is 0 Å². The summed E-state index contributed by atoms with van der Waals surface area (Å²) < 4.78 is 12.0. The zero-order chi connectivity index (χ0) is 15.3. The fourth-order valence-electron chi connectivity index (χ4n) is 2.09. The Morgan fingerprint density at radius 1 is 1.19 bits per heavy atom. The number of thiophene rings is 1. The third-order valence-electron chi connectivity index (χ3n) is 4.13. The van der Waals surface area contributed by atoms with Crippen LogP contribution in [0.15, 0.2) is 23.0 Å². The van der Waals surface area contributed by atoms with Gasteiger partial charge in [-0.1, -0.05) is 0 Å². The van der Waals surface area contributed by atoms with Gasteiger partial charge in [-0.15, -0.1) is 0 Å². The van der Waals surface area contributed by atoms with Crippen molar-refractivity contribution in [1.82, 2.24) is 9.97 Å². The summed E-state index contributed by atoms with van der Waals surface area (Å²) in [5, 5.41) is 3.97. The van der Waals surface area contributed by atoms with Gasteiger partial charge in [0.15, 0.2) is 5.82 Å². The highest BCUT2D eigenvalue weighted by atomic mass is 32.1. The minimum absolute atomic E-state index is 0.393. The normalized spacial score (nSPS) is 19.9.